The molecule has 1 aromatic carbocycles. The van der Waals surface area contributed by atoms with Crippen molar-refractivity contribution in [3.05, 3.63) is 40.5 Å². The van der Waals surface area contributed by atoms with E-state index in [1.807, 2.05) is 31.2 Å². The molecule has 1 aromatic heterocycles. The predicted octanol–water partition coefficient (Wildman–Crippen LogP) is 1.99. The van der Waals surface area contributed by atoms with E-state index in [9.17, 15) is 4.79 Å². The zero-order chi connectivity index (χ0) is 14.7. The highest BCUT2D eigenvalue weighted by Crippen LogP contribution is 2.20. The Labute approximate surface area is 121 Å². The van der Waals surface area contributed by atoms with Gasteiger partial charge in [-0.25, -0.2) is 10.4 Å². The molecule has 0 spiro atoms. The zero-order valence-corrected chi connectivity index (χ0v) is 12.0. The fourth-order valence-corrected chi connectivity index (χ4v) is 1.82. The maximum atomic E-state index is 11.3. The number of carbonyl (C=O) groups excluding carboxylic acids is 1. The third-order valence-corrected chi connectivity index (χ3v) is 3.05. The predicted molar refractivity (Wildman–Crippen MR) is 80.9 cm³/mol. The Balaban J connectivity index is 2.26. The van der Waals surface area contributed by atoms with Crippen LogP contribution in [0.4, 0.5) is 0 Å². The van der Waals surface area contributed by atoms with E-state index >= 15 is 0 Å². The molecule has 0 saturated carbocycles. The number of aromatic nitrogens is 1. The Hall–Kier alpha value is -1.98. The molecule has 0 aliphatic rings. The lowest BCUT2D eigenvalue weighted by Gasteiger charge is -2.04. The van der Waals surface area contributed by atoms with Crippen LogP contribution in [0.5, 0.6) is 0 Å². The summed E-state index contributed by atoms with van der Waals surface area (Å²) >= 11 is 6.09. The number of hydrogen-bond donors (Lipinski definition) is 2. The molecular weight excluding hydrogens is 276 g/mol. The van der Waals surface area contributed by atoms with E-state index in [4.69, 9.17) is 17.3 Å². The molecule has 5 nitrogen and oxygen atoms in total. The van der Waals surface area contributed by atoms with Gasteiger partial charge >= 0.3 is 0 Å². The number of hydrogen-bond acceptors (Lipinski definition) is 4. The van der Waals surface area contributed by atoms with Gasteiger partial charge < -0.3 is 5.73 Å². The minimum absolute atomic E-state index is 0.335. The first-order valence-electron chi connectivity index (χ1n) is 6.13. The molecule has 0 aliphatic heterocycles. The van der Waals surface area contributed by atoms with Crippen LogP contribution < -0.4 is 11.2 Å². The Morgan fingerprint density at radius 3 is 2.95 bits per heavy atom. The highest BCUT2D eigenvalue weighted by Gasteiger charge is 2.06. The summed E-state index contributed by atoms with van der Waals surface area (Å²) in [5.74, 6) is -0.359. The van der Waals surface area contributed by atoms with Crippen LogP contribution in [-0.4, -0.2) is 23.1 Å². The number of nitrogens with two attached hydrogens (primary N) is 1. The first-order chi connectivity index (χ1) is 9.47. The number of amides is 1. The van der Waals surface area contributed by atoms with Gasteiger partial charge in [0.15, 0.2) is 0 Å². The number of halogens is 1. The van der Waals surface area contributed by atoms with E-state index in [0.717, 1.165) is 16.5 Å². The van der Waals surface area contributed by atoms with Gasteiger partial charge in [0.2, 0.25) is 0 Å². The van der Waals surface area contributed by atoms with Crippen LogP contribution >= 0.6 is 11.6 Å². The number of nitrogens with zero attached hydrogens (tertiary/aromatic N) is 2. The van der Waals surface area contributed by atoms with E-state index in [1.54, 1.807) is 6.92 Å². The lowest BCUT2D eigenvalue weighted by molar-refractivity contribution is -0.121. The topological polar surface area (TPSA) is 80.4 Å². The van der Waals surface area contributed by atoms with E-state index in [0.29, 0.717) is 10.7 Å². The monoisotopic (exact) mass is 290 g/mol. The fraction of sp³-hybridized carbons (Fsp3) is 0.214. The zero-order valence-electron chi connectivity index (χ0n) is 11.2. The lowest BCUT2D eigenvalue weighted by Crippen LogP contribution is -2.35. The Kier molecular flexibility index (Phi) is 4.32. The molecule has 0 fully saturated rings. The summed E-state index contributed by atoms with van der Waals surface area (Å²) in [4.78, 5) is 15.6. The number of pyridine rings is 1. The van der Waals surface area contributed by atoms with Gasteiger partial charge in [-0.2, -0.15) is 5.10 Å². The molecule has 1 heterocycles. The van der Waals surface area contributed by atoms with Crippen molar-refractivity contribution in [1.29, 1.82) is 0 Å². The van der Waals surface area contributed by atoms with Crippen molar-refractivity contribution in [3.63, 3.8) is 0 Å². The van der Waals surface area contributed by atoms with Crippen molar-refractivity contribution in [2.75, 3.05) is 0 Å². The van der Waals surface area contributed by atoms with Gasteiger partial charge in [0.05, 0.1) is 17.8 Å². The molecule has 0 saturated heterocycles. The van der Waals surface area contributed by atoms with Crippen molar-refractivity contribution in [2.24, 2.45) is 10.8 Å². The SMILES string of the molecule is Cc1ccc2cc(/C=N/NC(=O)[C@@H](C)N)c(Cl)nc2c1. The second-order valence-corrected chi connectivity index (χ2v) is 4.95. The summed E-state index contributed by atoms with van der Waals surface area (Å²) in [7, 11) is 0. The van der Waals surface area contributed by atoms with Crippen LogP contribution in [0.15, 0.2) is 29.4 Å². The lowest BCUT2D eigenvalue weighted by atomic mass is 10.1. The number of hydrazone groups is 1. The molecule has 1 atom stereocenters. The molecule has 3 N–H and O–H groups in total. The molecule has 0 aliphatic carbocycles. The van der Waals surface area contributed by atoms with E-state index in [-0.39, 0.29) is 5.91 Å². The van der Waals surface area contributed by atoms with E-state index in [1.165, 1.54) is 6.21 Å². The molecular formula is C14H15ClN4O. The number of aryl methyl sites for hydroxylation is 1. The molecule has 2 rings (SSSR count). The highest BCUT2D eigenvalue weighted by molar-refractivity contribution is 6.32. The molecule has 20 heavy (non-hydrogen) atoms. The molecule has 0 unspecified atom stereocenters. The van der Waals surface area contributed by atoms with Gasteiger partial charge in [-0.15, -0.1) is 0 Å². The average molecular weight is 291 g/mol. The van der Waals surface area contributed by atoms with Crippen LogP contribution in [0.2, 0.25) is 5.15 Å². The normalized spacial score (nSPS) is 12.8. The van der Waals surface area contributed by atoms with E-state index < -0.39 is 6.04 Å². The second-order valence-electron chi connectivity index (χ2n) is 4.59. The van der Waals surface area contributed by atoms with Gasteiger partial charge in [0, 0.05) is 10.9 Å². The minimum Gasteiger partial charge on any atom is -0.320 e. The quantitative estimate of drug-likeness (QED) is 0.515. The number of fused-ring (bicyclic) bond motifs is 1. The van der Waals surface area contributed by atoms with Gasteiger partial charge in [0.25, 0.3) is 5.91 Å². The summed E-state index contributed by atoms with van der Waals surface area (Å²) in [6.45, 7) is 3.58. The average Bonchev–Trinajstić information content (AvgIpc) is 2.39. The van der Waals surface area contributed by atoms with Gasteiger partial charge in [-0.3, -0.25) is 4.79 Å². The van der Waals surface area contributed by atoms with Crippen LogP contribution in [0, 0.1) is 6.92 Å². The standard InChI is InChI=1S/C14H15ClN4O/c1-8-3-4-10-6-11(13(15)18-12(10)5-8)7-17-19-14(20)9(2)16/h3-7,9H,16H2,1-2H3,(H,19,20)/b17-7+/t9-/m1/s1. The maximum Gasteiger partial charge on any atom is 0.256 e. The van der Waals surface area contributed by atoms with Crippen molar-refractivity contribution < 1.29 is 4.79 Å². The fourth-order valence-electron chi connectivity index (χ4n) is 1.63. The number of carbonyl (C=O) groups is 1. The van der Waals surface area contributed by atoms with Crippen LogP contribution in [-0.2, 0) is 4.79 Å². The Bertz CT molecular complexity index is 682. The molecule has 0 bridgehead atoms. The van der Waals surface area contributed by atoms with Gasteiger partial charge in [-0.05, 0) is 31.5 Å². The van der Waals surface area contributed by atoms with Crippen LogP contribution in [0.1, 0.15) is 18.1 Å². The van der Waals surface area contributed by atoms with Gasteiger partial charge in [-0.1, -0.05) is 23.7 Å². The number of benzene rings is 1. The van der Waals surface area contributed by atoms with Crippen molar-refractivity contribution in [3.8, 4) is 0 Å². The highest BCUT2D eigenvalue weighted by atomic mass is 35.5. The van der Waals surface area contributed by atoms with Crippen molar-refractivity contribution >= 4 is 34.6 Å². The van der Waals surface area contributed by atoms with Crippen molar-refractivity contribution in [2.45, 2.75) is 19.9 Å². The first kappa shape index (κ1) is 14.4. The third kappa shape index (κ3) is 3.31. The largest absolute Gasteiger partial charge is 0.320 e. The molecule has 104 valence electrons. The van der Waals surface area contributed by atoms with Gasteiger partial charge in [0.1, 0.15) is 5.15 Å². The summed E-state index contributed by atoms with van der Waals surface area (Å²) in [6, 6.07) is 7.18. The van der Waals surface area contributed by atoms with E-state index in [2.05, 4.69) is 15.5 Å². The summed E-state index contributed by atoms with van der Waals surface area (Å²) in [5, 5.41) is 5.11. The summed E-state index contributed by atoms with van der Waals surface area (Å²) < 4.78 is 0. The summed E-state index contributed by atoms with van der Waals surface area (Å²) in [5.41, 5.74) is 10.3. The Morgan fingerprint density at radius 2 is 2.25 bits per heavy atom. The minimum atomic E-state index is -0.611. The molecule has 0 radical (unpaired) electrons. The number of nitrogens with one attached hydrogen (secondary N) is 1. The van der Waals surface area contributed by atoms with Crippen LogP contribution in [0.25, 0.3) is 10.9 Å². The Morgan fingerprint density at radius 1 is 1.50 bits per heavy atom. The molecule has 1 amide bonds. The first-order valence-corrected chi connectivity index (χ1v) is 6.50. The second kappa shape index (κ2) is 5.98. The third-order valence-electron chi connectivity index (χ3n) is 2.75. The molecule has 6 heteroatoms. The summed E-state index contributed by atoms with van der Waals surface area (Å²) in [6.07, 6.45) is 1.45. The van der Waals surface area contributed by atoms with Crippen LogP contribution in [0.3, 0.4) is 0 Å². The maximum absolute atomic E-state index is 11.3. The molecule has 2 aromatic rings. The number of rotatable bonds is 3. The smallest absolute Gasteiger partial charge is 0.256 e. The van der Waals surface area contributed by atoms with Crippen molar-refractivity contribution in [1.82, 2.24) is 10.4 Å².